The number of para-hydroxylation sites is 2. The molecule has 0 radical (unpaired) electrons. The number of nitrogens with zero attached hydrogens (tertiary/aromatic N) is 2. The number of amides is 2. The highest BCUT2D eigenvalue weighted by atomic mass is 19.1. The third-order valence-electron chi connectivity index (χ3n) is 3.80. The molecule has 0 spiro atoms. The average Bonchev–Trinajstić information content (AvgIpc) is 2.61. The van der Waals surface area contributed by atoms with Crippen LogP contribution >= 0.6 is 0 Å². The first-order chi connectivity index (χ1) is 12.5. The fraction of sp³-hybridized carbons (Fsp3) is 0.105. The second-order valence-electron chi connectivity index (χ2n) is 5.60. The Kier molecular flexibility index (Phi) is 4.88. The van der Waals surface area contributed by atoms with E-state index in [0.29, 0.717) is 11.2 Å². The van der Waals surface area contributed by atoms with Crippen LogP contribution in [0.1, 0.15) is 6.92 Å². The Bertz CT molecular complexity index is 966. The van der Waals surface area contributed by atoms with E-state index < -0.39 is 35.7 Å². The Morgan fingerprint density at radius 1 is 1.04 bits per heavy atom. The lowest BCUT2D eigenvalue weighted by molar-refractivity contribution is -0.120. The summed E-state index contributed by atoms with van der Waals surface area (Å²) in [6, 6.07) is 12.1. The maximum absolute atomic E-state index is 14.0. The van der Waals surface area contributed by atoms with E-state index >= 15 is 0 Å². The Labute approximate surface area is 148 Å². The molecular weight excluding hydrogens is 340 g/mol. The van der Waals surface area contributed by atoms with Crippen LogP contribution in [-0.2, 0) is 9.59 Å². The van der Waals surface area contributed by atoms with Crippen molar-refractivity contribution in [3.05, 3.63) is 66.4 Å². The quantitative estimate of drug-likeness (QED) is 0.779. The van der Waals surface area contributed by atoms with E-state index in [9.17, 15) is 18.4 Å². The molecule has 7 heteroatoms. The van der Waals surface area contributed by atoms with Gasteiger partial charge in [-0.15, -0.1) is 0 Å². The number of fused-ring (bicyclic) bond motifs is 1. The zero-order valence-electron chi connectivity index (χ0n) is 13.9. The molecule has 0 atom stereocenters. The minimum atomic E-state index is -0.917. The van der Waals surface area contributed by atoms with Crippen molar-refractivity contribution < 1.29 is 18.4 Å². The molecule has 3 rings (SSSR count). The van der Waals surface area contributed by atoms with Crippen LogP contribution in [-0.4, -0.2) is 23.3 Å². The summed E-state index contributed by atoms with van der Waals surface area (Å²) in [5.74, 6) is -3.08. The Hall–Kier alpha value is -3.35. The third kappa shape index (κ3) is 3.51. The van der Waals surface area contributed by atoms with Gasteiger partial charge in [-0.05, 0) is 24.3 Å². The van der Waals surface area contributed by atoms with Gasteiger partial charge in [-0.2, -0.15) is 0 Å². The molecular formula is C19H15F2N3O2. The van der Waals surface area contributed by atoms with E-state index in [0.717, 1.165) is 29.3 Å². The Morgan fingerprint density at radius 2 is 1.69 bits per heavy atom. The molecule has 0 saturated heterocycles. The first-order valence-corrected chi connectivity index (χ1v) is 7.83. The van der Waals surface area contributed by atoms with Crippen molar-refractivity contribution in [1.29, 1.82) is 0 Å². The molecule has 132 valence electrons. The van der Waals surface area contributed by atoms with Gasteiger partial charge in [-0.1, -0.05) is 24.3 Å². The van der Waals surface area contributed by atoms with Crippen molar-refractivity contribution in [3.63, 3.8) is 0 Å². The molecule has 0 saturated carbocycles. The van der Waals surface area contributed by atoms with Gasteiger partial charge in [0.25, 0.3) is 0 Å². The predicted molar refractivity (Wildman–Crippen MR) is 94.8 cm³/mol. The first kappa shape index (κ1) is 17.5. The van der Waals surface area contributed by atoms with Gasteiger partial charge in [-0.3, -0.25) is 19.5 Å². The summed E-state index contributed by atoms with van der Waals surface area (Å²) in [5, 5.41) is 3.47. The lowest BCUT2D eigenvalue weighted by Gasteiger charge is -2.21. The zero-order valence-corrected chi connectivity index (χ0v) is 13.9. The molecule has 0 aliphatic rings. The first-order valence-electron chi connectivity index (χ1n) is 7.83. The minimum Gasteiger partial charge on any atom is -0.323 e. The van der Waals surface area contributed by atoms with E-state index in [1.165, 1.54) is 6.07 Å². The van der Waals surface area contributed by atoms with Gasteiger partial charge in [0.05, 0.1) is 11.2 Å². The summed E-state index contributed by atoms with van der Waals surface area (Å²) in [6.45, 7) is 0.606. The number of anilines is 2. The van der Waals surface area contributed by atoms with Crippen LogP contribution in [0.4, 0.5) is 20.2 Å². The van der Waals surface area contributed by atoms with Gasteiger partial charge in [-0.25, -0.2) is 8.78 Å². The van der Waals surface area contributed by atoms with Crippen LogP contribution in [0.15, 0.2) is 54.7 Å². The number of benzene rings is 2. The van der Waals surface area contributed by atoms with Crippen LogP contribution in [0.3, 0.4) is 0 Å². The highest BCUT2D eigenvalue weighted by Gasteiger charge is 2.23. The Morgan fingerprint density at radius 3 is 2.38 bits per heavy atom. The number of carbonyl (C=O) groups is 2. The number of hydrogen-bond acceptors (Lipinski definition) is 3. The number of halogens is 2. The van der Waals surface area contributed by atoms with Gasteiger partial charge in [0.2, 0.25) is 11.8 Å². The highest BCUT2D eigenvalue weighted by molar-refractivity contribution is 6.05. The number of nitrogens with one attached hydrogen (secondary N) is 1. The molecule has 26 heavy (non-hydrogen) atoms. The number of rotatable bonds is 4. The number of hydrogen-bond donors (Lipinski definition) is 1. The van der Waals surface area contributed by atoms with E-state index in [4.69, 9.17) is 0 Å². The van der Waals surface area contributed by atoms with Crippen LogP contribution in [0.2, 0.25) is 0 Å². The molecule has 0 fully saturated rings. The fourth-order valence-electron chi connectivity index (χ4n) is 2.63. The molecule has 2 amide bonds. The molecule has 1 heterocycles. The zero-order chi connectivity index (χ0) is 18.7. The van der Waals surface area contributed by atoms with Crippen molar-refractivity contribution >= 4 is 34.1 Å². The molecule has 1 N–H and O–H groups in total. The van der Waals surface area contributed by atoms with Gasteiger partial charge in [0.1, 0.15) is 23.9 Å². The maximum Gasteiger partial charge on any atom is 0.244 e. The van der Waals surface area contributed by atoms with Gasteiger partial charge in [0.15, 0.2) is 0 Å². The number of pyridine rings is 1. The molecule has 5 nitrogen and oxygen atoms in total. The van der Waals surface area contributed by atoms with E-state index in [1.54, 1.807) is 24.4 Å². The topological polar surface area (TPSA) is 62.3 Å². The van der Waals surface area contributed by atoms with Crippen LogP contribution in [0, 0.1) is 11.6 Å². The third-order valence-corrected chi connectivity index (χ3v) is 3.80. The fourth-order valence-corrected chi connectivity index (χ4v) is 2.63. The predicted octanol–water partition coefficient (Wildman–Crippen LogP) is 3.50. The van der Waals surface area contributed by atoms with Crippen LogP contribution in [0.5, 0.6) is 0 Å². The molecule has 0 bridgehead atoms. The van der Waals surface area contributed by atoms with Crippen LogP contribution in [0.25, 0.3) is 10.9 Å². The van der Waals surface area contributed by atoms with Crippen molar-refractivity contribution in [3.8, 4) is 0 Å². The minimum absolute atomic E-state index is 0.450. The molecule has 0 aliphatic heterocycles. The highest BCUT2D eigenvalue weighted by Crippen LogP contribution is 2.24. The van der Waals surface area contributed by atoms with Gasteiger partial charge < -0.3 is 5.32 Å². The van der Waals surface area contributed by atoms with E-state index in [1.807, 2.05) is 12.1 Å². The summed E-state index contributed by atoms with van der Waals surface area (Å²) >= 11 is 0. The maximum atomic E-state index is 14.0. The lowest BCUT2D eigenvalue weighted by Crippen LogP contribution is -2.37. The van der Waals surface area contributed by atoms with Crippen molar-refractivity contribution in [2.24, 2.45) is 0 Å². The molecule has 0 unspecified atom stereocenters. The molecule has 0 aliphatic carbocycles. The van der Waals surface area contributed by atoms with Crippen LogP contribution < -0.4 is 10.2 Å². The second kappa shape index (κ2) is 7.26. The number of aromatic nitrogens is 1. The largest absolute Gasteiger partial charge is 0.323 e. The summed E-state index contributed by atoms with van der Waals surface area (Å²) < 4.78 is 27.9. The van der Waals surface area contributed by atoms with Crippen molar-refractivity contribution in [2.75, 3.05) is 16.8 Å². The summed E-state index contributed by atoms with van der Waals surface area (Å²) in [5.41, 5.74) is 0.478. The van der Waals surface area contributed by atoms with Crippen molar-refractivity contribution in [2.45, 2.75) is 6.92 Å². The SMILES string of the molecule is CC(=O)N(CC(=O)Nc1cccc2cccnc12)c1c(F)cccc1F. The Balaban J connectivity index is 1.86. The standard InChI is InChI=1S/C19H15F2N3O2/c1-12(25)24(19-14(20)7-3-8-15(19)21)11-17(26)23-16-9-2-5-13-6-4-10-22-18(13)16/h2-10H,11H2,1H3,(H,23,26). The average molecular weight is 355 g/mol. The smallest absolute Gasteiger partial charge is 0.244 e. The monoisotopic (exact) mass is 355 g/mol. The van der Waals surface area contributed by atoms with Gasteiger partial charge >= 0.3 is 0 Å². The summed E-state index contributed by atoms with van der Waals surface area (Å²) in [6.07, 6.45) is 1.59. The summed E-state index contributed by atoms with van der Waals surface area (Å²) in [4.78, 5) is 29.2. The molecule has 2 aromatic carbocycles. The normalized spacial score (nSPS) is 10.6. The molecule has 3 aromatic rings. The number of carbonyl (C=O) groups excluding carboxylic acids is 2. The van der Waals surface area contributed by atoms with E-state index in [2.05, 4.69) is 10.3 Å². The summed E-state index contributed by atoms with van der Waals surface area (Å²) in [7, 11) is 0. The van der Waals surface area contributed by atoms with Gasteiger partial charge in [0, 0.05) is 18.5 Å². The van der Waals surface area contributed by atoms with Crippen molar-refractivity contribution in [1.82, 2.24) is 4.98 Å². The molecule has 1 aromatic heterocycles. The second-order valence-corrected chi connectivity index (χ2v) is 5.60. The lowest BCUT2D eigenvalue weighted by atomic mass is 10.2. The van der Waals surface area contributed by atoms with E-state index in [-0.39, 0.29) is 0 Å².